The molecule has 9 nitrogen and oxygen atoms in total. The molecule has 2 saturated carbocycles. The molecule has 2 bridgehead atoms. The number of ether oxygens (including phenoxy) is 2. The first kappa shape index (κ1) is 26.6. The van der Waals surface area contributed by atoms with E-state index in [4.69, 9.17) is 26.8 Å². The van der Waals surface area contributed by atoms with Gasteiger partial charge >= 0.3 is 5.97 Å². The molecule has 2 aromatic rings. The first-order valence-corrected chi connectivity index (χ1v) is 15.3. The summed E-state index contributed by atoms with van der Waals surface area (Å²) < 4.78 is 11.6. The topological polar surface area (TPSA) is 129 Å². The SMILES string of the molecule is COc1cc(C2c3sc(=S)[nH]c3SC3C4CC(C5C(=O)N(CCCCCC(=O)O)C(=O)C45)C23)cc(OC)c1O. The fraction of sp³-hybridized carbons (Fsp3) is 0.556. The monoisotopic (exact) mass is 590 g/mol. The minimum absolute atomic E-state index is 0.0468. The van der Waals surface area contributed by atoms with Gasteiger partial charge in [-0.15, -0.1) is 23.1 Å². The second kappa shape index (κ2) is 10.1. The number of carboxylic acids is 1. The number of amides is 2. The maximum Gasteiger partial charge on any atom is 0.303 e. The number of nitrogens with one attached hydrogen (secondary N) is 1. The molecule has 0 spiro atoms. The number of unbranched alkanes of at least 4 members (excludes halogenated alkanes) is 2. The average Bonchev–Trinajstić information content (AvgIpc) is 3.63. The average molecular weight is 591 g/mol. The number of fused-ring (bicyclic) bond motifs is 9. The van der Waals surface area contributed by atoms with Crippen molar-refractivity contribution in [3.8, 4) is 17.2 Å². The minimum Gasteiger partial charge on any atom is -0.502 e. The Bertz CT molecular complexity index is 1380. The Hall–Kier alpha value is -2.57. The van der Waals surface area contributed by atoms with Crippen molar-refractivity contribution in [2.24, 2.45) is 29.6 Å². The molecule has 2 aliphatic heterocycles. The van der Waals surface area contributed by atoms with Crippen LogP contribution in [0.1, 0.15) is 48.5 Å². The van der Waals surface area contributed by atoms with E-state index in [0.29, 0.717) is 41.3 Å². The first-order chi connectivity index (χ1) is 18.7. The first-order valence-electron chi connectivity index (χ1n) is 13.2. The van der Waals surface area contributed by atoms with Crippen LogP contribution in [0.5, 0.6) is 17.2 Å². The third-order valence-corrected chi connectivity index (χ3v) is 11.9. The summed E-state index contributed by atoms with van der Waals surface area (Å²) in [6, 6.07) is 3.69. The quantitative estimate of drug-likeness (QED) is 0.217. The molecule has 1 aromatic carbocycles. The number of carbonyl (C=O) groups excluding carboxylic acids is 2. The number of likely N-dealkylation sites (tertiary alicyclic amines) is 1. The third-order valence-electron chi connectivity index (χ3n) is 8.95. The summed E-state index contributed by atoms with van der Waals surface area (Å²) in [6.07, 6.45) is 2.75. The number of phenolic OH excluding ortho intramolecular Hbond substituents is 1. The highest BCUT2D eigenvalue weighted by Crippen LogP contribution is 2.69. The van der Waals surface area contributed by atoms with Gasteiger partial charge in [0.25, 0.3) is 0 Å². The smallest absolute Gasteiger partial charge is 0.303 e. The zero-order chi connectivity index (χ0) is 27.6. The number of aromatic nitrogens is 1. The van der Waals surface area contributed by atoms with Gasteiger partial charge in [-0.05, 0) is 66.9 Å². The standard InChI is InChI=1S/C27H30N2O7S3/c1-35-14-8-11(9-15(36-2)21(14)32)17-18-12-10-13(22(18)38-24-23(17)39-27(37)28-24)20-19(12)25(33)29(26(20)34)7-5-3-4-6-16(30)31/h8-9,12-13,17-20,22,32H,3-7,10H2,1-2H3,(H,28,37)(H,30,31). The maximum absolute atomic E-state index is 13.7. The highest BCUT2D eigenvalue weighted by molar-refractivity contribution is 8.00. The molecule has 7 atom stereocenters. The number of rotatable bonds is 9. The number of H-pyrrole nitrogens is 1. The van der Waals surface area contributed by atoms with E-state index in [1.54, 1.807) is 11.8 Å². The van der Waals surface area contributed by atoms with Crippen LogP contribution in [-0.2, 0) is 14.4 Å². The molecule has 208 valence electrons. The van der Waals surface area contributed by atoms with Crippen molar-refractivity contribution < 1.29 is 34.1 Å². The van der Waals surface area contributed by atoms with Crippen molar-refractivity contribution >= 4 is 53.1 Å². The van der Waals surface area contributed by atoms with E-state index < -0.39 is 5.97 Å². The Kier molecular flexibility index (Phi) is 6.91. The molecule has 1 saturated heterocycles. The number of thioether (sulfide) groups is 1. The lowest BCUT2D eigenvalue weighted by atomic mass is 9.68. The number of phenols is 1. The van der Waals surface area contributed by atoms with E-state index >= 15 is 0 Å². The van der Waals surface area contributed by atoms with E-state index in [2.05, 4.69) is 4.98 Å². The largest absolute Gasteiger partial charge is 0.502 e. The van der Waals surface area contributed by atoms with Crippen LogP contribution in [0.25, 0.3) is 0 Å². The van der Waals surface area contributed by atoms with E-state index in [0.717, 1.165) is 21.9 Å². The van der Waals surface area contributed by atoms with Gasteiger partial charge in [-0.25, -0.2) is 0 Å². The van der Waals surface area contributed by atoms with Crippen molar-refractivity contribution in [3.05, 3.63) is 26.5 Å². The van der Waals surface area contributed by atoms with Crippen molar-refractivity contribution in [1.29, 1.82) is 0 Å². The highest BCUT2D eigenvalue weighted by atomic mass is 32.2. The Morgan fingerprint density at radius 3 is 2.41 bits per heavy atom. The van der Waals surface area contributed by atoms with Crippen LogP contribution < -0.4 is 9.47 Å². The van der Waals surface area contributed by atoms with E-state index in [1.807, 2.05) is 12.1 Å². The molecule has 12 heteroatoms. The van der Waals surface area contributed by atoms with Gasteiger partial charge in [0.15, 0.2) is 15.5 Å². The lowest BCUT2D eigenvalue weighted by molar-refractivity contribution is -0.141. The maximum atomic E-state index is 13.7. The van der Waals surface area contributed by atoms with Gasteiger partial charge < -0.3 is 24.7 Å². The van der Waals surface area contributed by atoms with Crippen LogP contribution in [0.15, 0.2) is 17.2 Å². The molecule has 3 N–H and O–H groups in total. The van der Waals surface area contributed by atoms with Crippen molar-refractivity contribution in [1.82, 2.24) is 9.88 Å². The molecule has 1 aromatic heterocycles. The van der Waals surface area contributed by atoms with Gasteiger partial charge in [0.1, 0.15) is 0 Å². The predicted octanol–water partition coefficient (Wildman–Crippen LogP) is 4.65. The van der Waals surface area contributed by atoms with Gasteiger partial charge in [-0.3, -0.25) is 19.3 Å². The number of imide groups is 1. The number of hydrogen-bond acceptors (Lipinski definition) is 9. The molecule has 7 unspecified atom stereocenters. The summed E-state index contributed by atoms with van der Waals surface area (Å²) in [4.78, 5) is 44.0. The number of benzene rings is 1. The molecule has 39 heavy (non-hydrogen) atoms. The fourth-order valence-electron chi connectivity index (χ4n) is 7.49. The molecule has 6 rings (SSSR count). The van der Waals surface area contributed by atoms with Crippen LogP contribution in [0.4, 0.5) is 0 Å². The van der Waals surface area contributed by atoms with Crippen molar-refractivity contribution in [3.63, 3.8) is 0 Å². The number of hydrogen-bond donors (Lipinski definition) is 3. The van der Waals surface area contributed by atoms with Crippen LogP contribution >= 0.6 is 35.3 Å². The zero-order valence-corrected chi connectivity index (χ0v) is 24.0. The lowest BCUT2D eigenvalue weighted by Crippen LogP contribution is -2.42. The van der Waals surface area contributed by atoms with Crippen LogP contribution in [-0.4, -0.2) is 63.9 Å². The normalized spacial score (nSPS) is 30.3. The summed E-state index contributed by atoms with van der Waals surface area (Å²) in [6.45, 7) is 0.350. The summed E-state index contributed by atoms with van der Waals surface area (Å²) >= 11 is 8.82. The van der Waals surface area contributed by atoms with Gasteiger partial charge in [0, 0.05) is 29.0 Å². The zero-order valence-electron chi connectivity index (χ0n) is 21.5. The summed E-state index contributed by atoms with van der Waals surface area (Å²) in [5.41, 5.74) is 0.930. The number of carboxylic acid groups (broad SMARTS) is 1. The number of methoxy groups -OCH3 is 2. The second-order valence-electron chi connectivity index (χ2n) is 10.8. The van der Waals surface area contributed by atoms with Crippen molar-refractivity contribution in [2.75, 3.05) is 20.8 Å². The number of nitrogens with zero attached hydrogens (tertiary/aromatic N) is 1. The van der Waals surface area contributed by atoms with Gasteiger partial charge in [0.2, 0.25) is 17.6 Å². The third kappa shape index (κ3) is 4.17. The Labute approximate surface area is 238 Å². The Balaban J connectivity index is 1.33. The number of thiazole rings is 1. The number of aliphatic carboxylic acids is 1. The van der Waals surface area contributed by atoms with E-state index in [-0.39, 0.29) is 64.7 Å². The van der Waals surface area contributed by atoms with Crippen molar-refractivity contribution in [2.45, 2.75) is 48.3 Å². The molecule has 2 aliphatic carbocycles. The molecular weight excluding hydrogens is 561 g/mol. The summed E-state index contributed by atoms with van der Waals surface area (Å²) in [5, 5.41) is 20.6. The fourth-order valence-corrected chi connectivity index (χ4v) is 10.8. The van der Waals surface area contributed by atoms with Crippen LogP contribution in [0, 0.1) is 33.5 Å². The Morgan fingerprint density at radius 2 is 1.77 bits per heavy atom. The molecule has 0 radical (unpaired) electrons. The van der Waals surface area contributed by atoms with E-state index in [1.165, 1.54) is 30.5 Å². The van der Waals surface area contributed by atoms with Crippen LogP contribution in [0.2, 0.25) is 0 Å². The molecular formula is C27H30N2O7S3. The summed E-state index contributed by atoms with van der Waals surface area (Å²) in [7, 11) is 3.01. The predicted molar refractivity (Wildman–Crippen MR) is 147 cm³/mol. The van der Waals surface area contributed by atoms with Crippen LogP contribution in [0.3, 0.4) is 0 Å². The molecule has 3 heterocycles. The lowest BCUT2D eigenvalue weighted by Gasteiger charge is -2.43. The highest BCUT2D eigenvalue weighted by Gasteiger charge is 2.69. The van der Waals surface area contributed by atoms with Gasteiger partial charge in [-0.2, -0.15) is 0 Å². The molecule has 3 fully saturated rings. The Morgan fingerprint density at radius 1 is 1.10 bits per heavy atom. The minimum atomic E-state index is -0.832. The molecule has 4 aliphatic rings. The van der Waals surface area contributed by atoms with Gasteiger partial charge in [0.05, 0.1) is 31.1 Å². The summed E-state index contributed by atoms with van der Waals surface area (Å²) in [5.74, 6) is -0.870. The number of aromatic amines is 1. The van der Waals surface area contributed by atoms with Gasteiger partial charge in [-0.1, -0.05) is 6.42 Å². The van der Waals surface area contributed by atoms with E-state index in [9.17, 15) is 19.5 Å². The number of carbonyl (C=O) groups is 3. The molecule has 2 amide bonds. The second-order valence-corrected chi connectivity index (χ2v) is 13.7. The number of aromatic hydroxyl groups is 1.